The van der Waals surface area contributed by atoms with Crippen LogP contribution in [0.1, 0.15) is 28.4 Å². The van der Waals surface area contributed by atoms with E-state index in [0.717, 1.165) is 11.1 Å². The lowest BCUT2D eigenvalue weighted by atomic mass is 10.1. The average molecular weight is 314 g/mol. The van der Waals surface area contributed by atoms with Crippen LogP contribution in [0.4, 0.5) is 4.39 Å². The Bertz CT molecular complexity index is 684. The first-order valence-corrected chi connectivity index (χ1v) is 7.40. The second-order valence-electron chi connectivity index (χ2n) is 5.24. The molecule has 2 aromatic rings. The summed E-state index contributed by atoms with van der Waals surface area (Å²) in [5, 5.41) is 5.50. The molecule has 5 heteroatoms. The Morgan fingerprint density at radius 3 is 2.39 bits per heavy atom. The number of rotatable bonds is 6. The maximum absolute atomic E-state index is 13.1. The zero-order valence-corrected chi connectivity index (χ0v) is 12.9. The molecule has 0 saturated heterocycles. The number of carbonyl (C=O) groups excluding carboxylic acids is 2. The Morgan fingerprint density at radius 2 is 1.74 bits per heavy atom. The third-order valence-electron chi connectivity index (χ3n) is 3.35. The third-order valence-corrected chi connectivity index (χ3v) is 3.35. The van der Waals surface area contributed by atoms with Crippen molar-refractivity contribution in [2.75, 3.05) is 6.54 Å². The van der Waals surface area contributed by atoms with E-state index in [1.165, 1.54) is 19.1 Å². The van der Waals surface area contributed by atoms with Gasteiger partial charge in [-0.2, -0.15) is 0 Å². The monoisotopic (exact) mass is 314 g/mol. The summed E-state index contributed by atoms with van der Waals surface area (Å²) in [7, 11) is 0. The second-order valence-corrected chi connectivity index (χ2v) is 5.24. The first kappa shape index (κ1) is 16.7. The minimum Gasteiger partial charge on any atom is -0.352 e. The number of hydrogen-bond acceptors (Lipinski definition) is 2. The van der Waals surface area contributed by atoms with E-state index in [-0.39, 0.29) is 17.6 Å². The number of nitrogens with one attached hydrogen (secondary N) is 2. The van der Waals surface area contributed by atoms with Gasteiger partial charge in [0.25, 0.3) is 5.91 Å². The highest BCUT2D eigenvalue weighted by atomic mass is 19.1. The highest BCUT2D eigenvalue weighted by Crippen LogP contribution is 2.06. The van der Waals surface area contributed by atoms with E-state index in [4.69, 9.17) is 0 Å². The van der Waals surface area contributed by atoms with Crippen LogP contribution < -0.4 is 10.6 Å². The summed E-state index contributed by atoms with van der Waals surface area (Å²) in [5.74, 6) is -0.541. The van der Waals surface area contributed by atoms with Crippen LogP contribution in [0.3, 0.4) is 0 Å². The fourth-order valence-corrected chi connectivity index (χ4v) is 2.12. The summed E-state index contributed by atoms with van der Waals surface area (Å²) in [5.41, 5.74) is 2.32. The lowest BCUT2D eigenvalue weighted by Gasteiger charge is -2.07. The Labute approximate surface area is 134 Å². The molecule has 0 unspecified atom stereocenters. The molecule has 4 nitrogen and oxygen atoms in total. The van der Waals surface area contributed by atoms with Crippen molar-refractivity contribution >= 4 is 11.8 Å². The second kappa shape index (κ2) is 8.08. The molecule has 2 amide bonds. The Kier molecular flexibility index (Phi) is 5.86. The average Bonchev–Trinajstić information content (AvgIpc) is 2.53. The summed E-state index contributed by atoms with van der Waals surface area (Å²) in [6, 6.07) is 13.4. The van der Waals surface area contributed by atoms with Gasteiger partial charge in [0.2, 0.25) is 5.91 Å². The molecule has 0 spiro atoms. The van der Waals surface area contributed by atoms with Gasteiger partial charge in [-0.25, -0.2) is 4.39 Å². The van der Waals surface area contributed by atoms with Gasteiger partial charge in [-0.1, -0.05) is 24.3 Å². The van der Waals surface area contributed by atoms with Crippen molar-refractivity contribution in [1.29, 1.82) is 0 Å². The number of amides is 2. The van der Waals surface area contributed by atoms with Gasteiger partial charge in [0.15, 0.2) is 0 Å². The number of hydrogen-bond donors (Lipinski definition) is 2. The fraction of sp³-hybridized carbons (Fsp3) is 0.222. The molecule has 0 atom stereocenters. The number of carbonyl (C=O) groups is 2. The van der Waals surface area contributed by atoms with Crippen LogP contribution in [0.5, 0.6) is 0 Å². The van der Waals surface area contributed by atoms with Gasteiger partial charge in [0.05, 0.1) is 0 Å². The molecule has 2 N–H and O–H groups in total. The summed E-state index contributed by atoms with van der Waals surface area (Å²) in [6.07, 6.45) is 0.574. The molecule has 0 fully saturated rings. The predicted octanol–water partition coefficient (Wildman–Crippen LogP) is 2.43. The van der Waals surface area contributed by atoms with Crippen LogP contribution in [0.15, 0.2) is 48.5 Å². The van der Waals surface area contributed by atoms with E-state index >= 15 is 0 Å². The van der Waals surface area contributed by atoms with Crippen molar-refractivity contribution in [3.05, 3.63) is 71.0 Å². The standard InChI is InChI=1S/C18H19FN2O2/c1-13(22)21-12-15-5-7-16(8-6-15)18(23)20-10-9-14-3-2-4-17(19)11-14/h2-8,11H,9-10,12H2,1H3,(H,20,23)(H,21,22). The first-order chi connectivity index (χ1) is 11.0. The summed E-state index contributed by atoms with van der Waals surface area (Å²) >= 11 is 0. The third kappa shape index (κ3) is 5.54. The van der Waals surface area contributed by atoms with Gasteiger partial charge in [0.1, 0.15) is 5.82 Å². The topological polar surface area (TPSA) is 58.2 Å². The molecule has 0 heterocycles. The largest absolute Gasteiger partial charge is 0.352 e. The van der Waals surface area contributed by atoms with E-state index in [0.29, 0.717) is 25.1 Å². The molecular weight excluding hydrogens is 295 g/mol. The molecule has 2 aromatic carbocycles. The lowest BCUT2D eigenvalue weighted by Crippen LogP contribution is -2.25. The van der Waals surface area contributed by atoms with Crippen LogP contribution in [-0.2, 0) is 17.8 Å². The van der Waals surface area contributed by atoms with E-state index in [1.807, 2.05) is 6.07 Å². The summed E-state index contributed by atoms with van der Waals surface area (Å²) in [4.78, 5) is 22.9. The minimum absolute atomic E-state index is 0.0934. The van der Waals surface area contributed by atoms with Crippen LogP contribution in [0, 0.1) is 5.82 Å². The molecule has 120 valence electrons. The Hall–Kier alpha value is -2.69. The van der Waals surface area contributed by atoms with Crippen molar-refractivity contribution in [2.45, 2.75) is 19.9 Å². The number of halogens is 1. The van der Waals surface area contributed by atoms with Gasteiger partial charge in [-0.05, 0) is 41.8 Å². The molecule has 0 aromatic heterocycles. The summed E-state index contributed by atoms with van der Waals surface area (Å²) in [6.45, 7) is 2.34. The van der Waals surface area contributed by atoms with Crippen molar-refractivity contribution < 1.29 is 14.0 Å². The normalized spacial score (nSPS) is 10.2. The Morgan fingerprint density at radius 1 is 1.00 bits per heavy atom. The molecule has 0 bridgehead atoms. The van der Waals surface area contributed by atoms with Gasteiger partial charge in [0, 0.05) is 25.6 Å². The van der Waals surface area contributed by atoms with Crippen LogP contribution in [0.2, 0.25) is 0 Å². The molecule has 0 aliphatic carbocycles. The van der Waals surface area contributed by atoms with Crippen LogP contribution in [-0.4, -0.2) is 18.4 Å². The molecule has 0 aliphatic heterocycles. The van der Waals surface area contributed by atoms with Gasteiger partial charge >= 0.3 is 0 Å². The molecule has 2 rings (SSSR count). The zero-order chi connectivity index (χ0) is 16.7. The van der Waals surface area contributed by atoms with Crippen molar-refractivity contribution in [3.63, 3.8) is 0 Å². The maximum Gasteiger partial charge on any atom is 0.251 e. The van der Waals surface area contributed by atoms with Crippen molar-refractivity contribution in [1.82, 2.24) is 10.6 Å². The van der Waals surface area contributed by atoms with Crippen molar-refractivity contribution in [3.8, 4) is 0 Å². The molecular formula is C18H19FN2O2. The summed E-state index contributed by atoms with van der Waals surface area (Å²) < 4.78 is 13.1. The van der Waals surface area contributed by atoms with Crippen LogP contribution in [0.25, 0.3) is 0 Å². The lowest BCUT2D eigenvalue weighted by molar-refractivity contribution is -0.119. The van der Waals surface area contributed by atoms with Gasteiger partial charge < -0.3 is 10.6 Å². The molecule has 23 heavy (non-hydrogen) atoms. The van der Waals surface area contributed by atoms with E-state index in [2.05, 4.69) is 10.6 Å². The molecule has 0 radical (unpaired) electrons. The quantitative estimate of drug-likeness (QED) is 0.860. The Balaban J connectivity index is 1.82. The smallest absolute Gasteiger partial charge is 0.251 e. The zero-order valence-electron chi connectivity index (χ0n) is 12.9. The van der Waals surface area contributed by atoms with E-state index < -0.39 is 0 Å². The molecule has 0 saturated carbocycles. The predicted molar refractivity (Wildman–Crippen MR) is 86.4 cm³/mol. The van der Waals surface area contributed by atoms with E-state index in [9.17, 15) is 14.0 Å². The highest BCUT2D eigenvalue weighted by Gasteiger charge is 2.05. The fourth-order valence-electron chi connectivity index (χ4n) is 2.12. The minimum atomic E-state index is -0.274. The SMILES string of the molecule is CC(=O)NCc1ccc(C(=O)NCCc2cccc(F)c2)cc1. The van der Waals surface area contributed by atoms with Gasteiger partial charge in [-0.15, -0.1) is 0 Å². The highest BCUT2D eigenvalue weighted by molar-refractivity contribution is 5.94. The van der Waals surface area contributed by atoms with E-state index in [1.54, 1.807) is 30.3 Å². The maximum atomic E-state index is 13.1. The van der Waals surface area contributed by atoms with Gasteiger partial charge in [-0.3, -0.25) is 9.59 Å². The number of benzene rings is 2. The first-order valence-electron chi connectivity index (χ1n) is 7.40. The molecule has 0 aliphatic rings. The van der Waals surface area contributed by atoms with Crippen LogP contribution >= 0.6 is 0 Å². The van der Waals surface area contributed by atoms with Crippen molar-refractivity contribution in [2.24, 2.45) is 0 Å².